The molecular formula is C18H12Cl2O4. The van der Waals surface area contributed by atoms with Gasteiger partial charge in [-0.15, -0.1) is 0 Å². The average molecular weight is 363 g/mol. The van der Waals surface area contributed by atoms with Crippen LogP contribution in [0.1, 0.15) is 11.5 Å². The lowest BCUT2D eigenvalue weighted by molar-refractivity contribution is -0.139. The fourth-order valence-electron chi connectivity index (χ4n) is 2.02. The highest BCUT2D eigenvalue weighted by atomic mass is 35.5. The smallest absolute Gasteiger partial charge is 0.331 e. The number of ether oxygens (including phenoxy) is 1. The Kier molecular flexibility index (Phi) is 5.08. The predicted molar refractivity (Wildman–Crippen MR) is 91.7 cm³/mol. The Morgan fingerprint density at radius 1 is 1.12 bits per heavy atom. The van der Waals surface area contributed by atoms with E-state index in [1.807, 2.05) is 0 Å². The molecule has 0 saturated heterocycles. The Bertz CT molecular complexity index is 863. The summed E-state index contributed by atoms with van der Waals surface area (Å²) < 4.78 is 15.8. The molecule has 0 unspecified atom stereocenters. The van der Waals surface area contributed by atoms with Crippen LogP contribution in [0.5, 0.6) is 0 Å². The normalized spacial score (nSPS) is 11.1. The van der Waals surface area contributed by atoms with Crippen LogP contribution in [-0.2, 0) is 16.1 Å². The topological polar surface area (TPSA) is 52.6 Å². The summed E-state index contributed by atoms with van der Waals surface area (Å²) in [6.07, 6.45) is 4.34. The van der Waals surface area contributed by atoms with Gasteiger partial charge in [-0.05, 0) is 42.5 Å². The van der Waals surface area contributed by atoms with Crippen molar-refractivity contribution in [2.24, 2.45) is 0 Å². The monoisotopic (exact) mass is 362 g/mol. The van der Waals surface area contributed by atoms with Crippen molar-refractivity contribution in [3.63, 3.8) is 0 Å². The molecule has 0 aliphatic heterocycles. The maximum absolute atomic E-state index is 11.7. The highest BCUT2D eigenvalue weighted by Gasteiger charge is 2.11. The quantitative estimate of drug-likeness (QED) is 0.437. The van der Waals surface area contributed by atoms with E-state index >= 15 is 0 Å². The third-order valence-electron chi connectivity index (χ3n) is 3.16. The summed E-state index contributed by atoms with van der Waals surface area (Å²) in [5.41, 5.74) is 0.680. The molecule has 6 heteroatoms. The summed E-state index contributed by atoms with van der Waals surface area (Å²) >= 11 is 12.2. The Morgan fingerprint density at radius 2 is 2.00 bits per heavy atom. The zero-order chi connectivity index (χ0) is 16.9. The Labute approximate surface area is 148 Å². The zero-order valence-electron chi connectivity index (χ0n) is 12.4. The van der Waals surface area contributed by atoms with E-state index in [9.17, 15) is 4.79 Å². The number of rotatable bonds is 5. The first-order chi connectivity index (χ1) is 11.6. The number of esters is 1. The van der Waals surface area contributed by atoms with Crippen molar-refractivity contribution in [2.75, 3.05) is 0 Å². The van der Waals surface area contributed by atoms with Crippen molar-refractivity contribution in [1.82, 2.24) is 0 Å². The third kappa shape index (κ3) is 3.91. The summed E-state index contributed by atoms with van der Waals surface area (Å²) in [4.78, 5) is 11.7. The second-order valence-electron chi connectivity index (χ2n) is 4.82. The van der Waals surface area contributed by atoms with Gasteiger partial charge in [0.1, 0.15) is 23.9 Å². The van der Waals surface area contributed by atoms with Gasteiger partial charge < -0.3 is 13.6 Å². The van der Waals surface area contributed by atoms with Crippen molar-refractivity contribution in [1.29, 1.82) is 0 Å². The first-order valence-electron chi connectivity index (χ1n) is 7.05. The van der Waals surface area contributed by atoms with Crippen LogP contribution in [0.2, 0.25) is 10.0 Å². The molecular weight excluding hydrogens is 351 g/mol. The Hall–Kier alpha value is -2.43. The second-order valence-corrected chi connectivity index (χ2v) is 5.61. The minimum absolute atomic E-state index is 0.0134. The molecule has 0 aliphatic carbocycles. The van der Waals surface area contributed by atoms with Crippen molar-refractivity contribution < 1.29 is 18.4 Å². The largest absolute Gasteiger partial charge is 0.465 e. The highest BCUT2D eigenvalue weighted by molar-refractivity contribution is 6.43. The van der Waals surface area contributed by atoms with Crippen molar-refractivity contribution in [3.8, 4) is 11.3 Å². The molecule has 0 amide bonds. The summed E-state index contributed by atoms with van der Waals surface area (Å²) in [5, 5.41) is 0.861. The van der Waals surface area contributed by atoms with E-state index < -0.39 is 5.97 Å². The minimum atomic E-state index is -0.495. The summed E-state index contributed by atoms with van der Waals surface area (Å²) in [7, 11) is 0. The molecule has 122 valence electrons. The molecule has 3 rings (SSSR count). The van der Waals surface area contributed by atoms with Gasteiger partial charge in [0.15, 0.2) is 0 Å². The molecule has 0 radical (unpaired) electrons. The molecule has 0 spiro atoms. The molecule has 0 saturated carbocycles. The Morgan fingerprint density at radius 3 is 2.79 bits per heavy atom. The number of carbonyl (C=O) groups is 1. The molecule has 0 N–H and O–H groups in total. The molecule has 24 heavy (non-hydrogen) atoms. The third-order valence-corrected chi connectivity index (χ3v) is 3.98. The van der Waals surface area contributed by atoms with Gasteiger partial charge in [-0.25, -0.2) is 4.79 Å². The van der Waals surface area contributed by atoms with Crippen molar-refractivity contribution >= 4 is 35.2 Å². The first kappa shape index (κ1) is 16.4. The van der Waals surface area contributed by atoms with Gasteiger partial charge in [0.2, 0.25) is 0 Å². The van der Waals surface area contributed by atoms with Gasteiger partial charge in [-0.1, -0.05) is 29.3 Å². The fourth-order valence-corrected chi connectivity index (χ4v) is 2.41. The maximum atomic E-state index is 11.7. The lowest BCUT2D eigenvalue weighted by Crippen LogP contribution is -1.99. The van der Waals surface area contributed by atoms with Crippen LogP contribution >= 0.6 is 23.2 Å². The molecule has 0 bridgehead atoms. The second kappa shape index (κ2) is 7.43. The van der Waals surface area contributed by atoms with Crippen molar-refractivity contribution in [2.45, 2.75) is 6.61 Å². The van der Waals surface area contributed by atoms with Crippen molar-refractivity contribution in [3.05, 3.63) is 76.4 Å². The van der Waals surface area contributed by atoms with Crippen LogP contribution in [0.4, 0.5) is 0 Å². The number of halogens is 2. The summed E-state index contributed by atoms with van der Waals surface area (Å²) in [5.74, 6) is 1.13. The van der Waals surface area contributed by atoms with E-state index in [0.29, 0.717) is 32.9 Å². The van der Waals surface area contributed by atoms with Crippen LogP contribution in [0.15, 0.2) is 63.6 Å². The molecule has 4 nitrogen and oxygen atoms in total. The molecule has 3 aromatic rings. The predicted octanol–water partition coefficient (Wildman–Crippen LogP) is 5.60. The van der Waals surface area contributed by atoms with E-state index in [-0.39, 0.29) is 6.61 Å². The molecule has 2 aromatic heterocycles. The van der Waals surface area contributed by atoms with Gasteiger partial charge in [0.05, 0.1) is 16.3 Å². The lowest BCUT2D eigenvalue weighted by Gasteiger charge is -2.02. The van der Waals surface area contributed by atoms with E-state index in [4.69, 9.17) is 36.8 Å². The SMILES string of the molecule is O=C(/C=C/c1ccco1)OCc1ccc(-c2cccc(Cl)c2Cl)o1. The van der Waals surface area contributed by atoms with Crippen LogP contribution in [0.3, 0.4) is 0 Å². The van der Waals surface area contributed by atoms with Crippen LogP contribution < -0.4 is 0 Å². The summed E-state index contributed by atoms with van der Waals surface area (Å²) in [6.45, 7) is 0.0134. The lowest BCUT2D eigenvalue weighted by atomic mass is 10.2. The summed E-state index contributed by atoms with van der Waals surface area (Å²) in [6, 6.07) is 12.2. The van der Waals surface area contributed by atoms with E-state index in [0.717, 1.165) is 0 Å². The van der Waals surface area contributed by atoms with Crippen LogP contribution in [0.25, 0.3) is 17.4 Å². The fraction of sp³-hybridized carbons (Fsp3) is 0.0556. The highest BCUT2D eigenvalue weighted by Crippen LogP contribution is 2.34. The minimum Gasteiger partial charge on any atom is -0.465 e. The molecule has 2 heterocycles. The van der Waals surface area contributed by atoms with E-state index in [1.54, 1.807) is 42.5 Å². The molecule has 0 atom stereocenters. The van der Waals surface area contributed by atoms with Crippen LogP contribution in [0, 0.1) is 0 Å². The van der Waals surface area contributed by atoms with Gasteiger partial charge in [-0.3, -0.25) is 0 Å². The van der Waals surface area contributed by atoms with Gasteiger partial charge in [0, 0.05) is 11.6 Å². The molecule has 1 aromatic carbocycles. The Balaban J connectivity index is 1.62. The number of furan rings is 2. The number of hydrogen-bond acceptors (Lipinski definition) is 4. The molecule has 0 aliphatic rings. The van der Waals surface area contributed by atoms with Crippen LogP contribution in [-0.4, -0.2) is 5.97 Å². The number of hydrogen-bond donors (Lipinski definition) is 0. The van der Waals surface area contributed by atoms with Gasteiger partial charge in [0.25, 0.3) is 0 Å². The van der Waals surface area contributed by atoms with E-state index in [1.165, 1.54) is 18.4 Å². The van der Waals surface area contributed by atoms with Gasteiger partial charge >= 0.3 is 5.97 Å². The average Bonchev–Trinajstić information content (AvgIpc) is 3.25. The number of carbonyl (C=O) groups excluding carboxylic acids is 1. The van der Waals surface area contributed by atoms with E-state index in [2.05, 4.69) is 0 Å². The van der Waals surface area contributed by atoms with Gasteiger partial charge in [-0.2, -0.15) is 0 Å². The number of benzene rings is 1. The standard InChI is InChI=1S/C18H12Cl2O4/c19-15-5-1-4-14(18(15)20)16-8-6-13(24-16)11-23-17(21)9-7-12-3-2-10-22-12/h1-10H,11H2/b9-7+. The first-order valence-corrected chi connectivity index (χ1v) is 7.80. The molecule has 0 fully saturated rings. The zero-order valence-corrected chi connectivity index (χ0v) is 13.9. The maximum Gasteiger partial charge on any atom is 0.331 e.